The van der Waals surface area contributed by atoms with Gasteiger partial charge in [0.2, 0.25) is 5.91 Å². The van der Waals surface area contributed by atoms with Crippen LogP contribution in [0.5, 0.6) is 0 Å². The van der Waals surface area contributed by atoms with Gasteiger partial charge >= 0.3 is 6.18 Å². The van der Waals surface area contributed by atoms with Crippen LogP contribution >= 0.6 is 11.8 Å². The monoisotopic (exact) mass is 407 g/mol. The van der Waals surface area contributed by atoms with Crippen LogP contribution in [-0.4, -0.2) is 21.9 Å². The van der Waals surface area contributed by atoms with Crippen LogP contribution in [0.2, 0.25) is 0 Å². The average Bonchev–Trinajstić information content (AvgIpc) is 2.61. The molecule has 1 aromatic heterocycles. The van der Waals surface area contributed by atoms with Gasteiger partial charge in [-0.25, -0.2) is 4.98 Å². The van der Waals surface area contributed by atoms with E-state index in [1.54, 1.807) is 13.8 Å². The molecule has 1 atom stereocenters. The number of hydrogen-bond acceptors (Lipinski definition) is 5. The molecular weight excluding hydrogens is 391 g/mol. The fourth-order valence-electron chi connectivity index (χ4n) is 2.32. The Morgan fingerprint density at radius 1 is 1.25 bits per heavy atom. The Morgan fingerprint density at radius 3 is 2.36 bits per heavy atom. The average molecular weight is 407 g/mol. The molecule has 0 radical (unpaired) electrons. The quantitative estimate of drug-likeness (QED) is 0.578. The third kappa shape index (κ3) is 5.10. The van der Waals surface area contributed by atoms with Gasteiger partial charge in [-0.2, -0.15) is 18.4 Å². The number of nitriles is 1. The standard InChI is InChI=1S/C19H16F3N3O2S/c1-10-16(11(2)26)8-13(9-23)18(24-10)28-12(3)17(27)25-15-6-4-14(5-7-15)19(20,21)22/h4-8,12H,1-3H3,(H,25,27). The van der Waals surface area contributed by atoms with Gasteiger partial charge in [-0.1, -0.05) is 11.8 Å². The highest BCUT2D eigenvalue weighted by atomic mass is 32.2. The maximum Gasteiger partial charge on any atom is 0.416 e. The first kappa shape index (κ1) is 21.4. The minimum atomic E-state index is -4.45. The summed E-state index contributed by atoms with van der Waals surface area (Å²) in [4.78, 5) is 28.2. The normalized spacial score (nSPS) is 12.2. The van der Waals surface area contributed by atoms with E-state index < -0.39 is 22.9 Å². The van der Waals surface area contributed by atoms with Crippen molar-refractivity contribution in [2.75, 3.05) is 5.32 Å². The zero-order chi connectivity index (χ0) is 21.1. The number of thioether (sulfide) groups is 1. The lowest BCUT2D eigenvalue weighted by Gasteiger charge is -2.14. The van der Waals surface area contributed by atoms with Crippen molar-refractivity contribution in [2.45, 2.75) is 37.2 Å². The fourth-order valence-corrected chi connectivity index (χ4v) is 3.24. The first-order chi connectivity index (χ1) is 13.0. The van der Waals surface area contributed by atoms with Crippen molar-refractivity contribution in [1.82, 2.24) is 4.98 Å². The number of hydrogen-bond donors (Lipinski definition) is 1. The van der Waals surface area contributed by atoms with E-state index in [1.165, 1.54) is 25.1 Å². The lowest BCUT2D eigenvalue weighted by molar-refractivity contribution is -0.137. The Balaban J connectivity index is 2.13. The molecule has 0 aliphatic heterocycles. The summed E-state index contributed by atoms with van der Waals surface area (Å²) in [5.74, 6) is -0.671. The predicted octanol–water partition coefficient (Wildman–Crippen LogP) is 4.60. The molecule has 28 heavy (non-hydrogen) atoms. The largest absolute Gasteiger partial charge is 0.416 e. The van der Waals surface area contributed by atoms with Crippen molar-refractivity contribution in [3.05, 3.63) is 52.7 Å². The second kappa shape index (κ2) is 8.44. The van der Waals surface area contributed by atoms with Gasteiger partial charge in [0.15, 0.2) is 5.78 Å². The third-order valence-electron chi connectivity index (χ3n) is 3.82. The molecule has 0 bridgehead atoms. The van der Waals surface area contributed by atoms with Gasteiger partial charge in [0.05, 0.1) is 16.4 Å². The smallest absolute Gasteiger partial charge is 0.325 e. The van der Waals surface area contributed by atoms with E-state index in [4.69, 9.17) is 0 Å². The maximum absolute atomic E-state index is 12.6. The summed E-state index contributed by atoms with van der Waals surface area (Å²) in [7, 11) is 0. The molecule has 1 amide bonds. The van der Waals surface area contributed by atoms with Crippen LogP contribution in [0.1, 0.15) is 41.0 Å². The number of aryl methyl sites for hydroxylation is 1. The van der Waals surface area contributed by atoms with Crippen molar-refractivity contribution < 1.29 is 22.8 Å². The van der Waals surface area contributed by atoms with Crippen LogP contribution in [0, 0.1) is 18.3 Å². The second-order valence-electron chi connectivity index (χ2n) is 5.97. The van der Waals surface area contributed by atoms with E-state index in [9.17, 15) is 28.0 Å². The number of nitrogens with zero attached hydrogens (tertiary/aromatic N) is 2. The Kier molecular flexibility index (Phi) is 6.46. The van der Waals surface area contributed by atoms with Gasteiger partial charge in [-0.05, 0) is 51.1 Å². The molecule has 1 unspecified atom stereocenters. The van der Waals surface area contributed by atoms with Gasteiger partial charge in [0.1, 0.15) is 11.1 Å². The molecule has 5 nitrogen and oxygen atoms in total. The minimum absolute atomic E-state index is 0.176. The third-order valence-corrected chi connectivity index (χ3v) is 4.92. The molecule has 1 N–H and O–H groups in total. The van der Waals surface area contributed by atoms with Crippen LogP contribution in [0.15, 0.2) is 35.4 Å². The Morgan fingerprint density at radius 2 is 1.86 bits per heavy atom. The van der Waals surface area contributed by atoms with E-state index in [2.05, 4.69) is 10.3 Å². The number of anilines is 1. The van der Waals surface area contributed by atoms with Crippen molar-refractivity contribution in [3.63, 3.8) is 0 Å². The maximum atomic E-state index is 12.6. The molecule has 0 aliphatic rings. The molecule has 0 spiro atoms. The number of Topliss-reactive ketones (excluding diaryl/α,β-unsaturated/α-hetero) is 1. The number of carbonyl (C=O) groups excluding carboxylic acids is 2. The lowest BCUT2D eigenvalue weighted by Crippen LogP contribution is -2.22. The number of halogens is 3. The van der Waals surface area contributed by atoms with Gasteiger partial charge in [0.25, 0.3) is 0 Å². The first-order valence-electron chi connectivity index (χ1n) is 8.10. The number of nitrogens with one attached hydrogen (secondary N) is 1. The van der Waals surface area contributed by atoms with Crippen LogP contribution < -0.4 is 5.32 Å². The van der Waals surface area contributed by atoms with Crippen molar-refractivity contribution in [2.24, 2.45) is 0 Å². The first-order valence-corrected chi connectivity index (χ1v) is 8.98. The highest BCUT2D eigenvalue weighted by Crippen LogP contribution is 2.30. The predicted molar refractivity (Wildman–Crippen MR) is 99.1 cm³/mol. The van der Waals surface area contributed by atoms with Crippen LogP contribution in [0.3, 0.4) is 0 Å². The summed E-state index contributed by atoms with van der Waals surface area (Å²) in [6.07, 6.45) is -4.45. The second-order valence-corrected chi connectivity index (χ2v) is 7.30. The van der Waals surface area contributed by atoms with Gasteiger partial charge in [0, 0.05) is 16.9 Å². The van der Waals surface area contributed by atoms with E-state index in [1.807, 2.05) is 6.07 Å². The van der Waals surface area contributed by atoms with Crippen LogP contribution in [-0.2, 0) is 11.0 Å². The summed E-state index contributed by atoms with van der Waals surface area (Å²) in [6, 6.07) is 7.50. The van der Waals surface area contributed by atoms with Crippen molar-refractivity contribution in [1.29, 1.82) is 5.26 Å². The number of amides is 1. The number of alkyl halides is 3. The van der Waals surface area contributed by atoms with Crippen molar-refractivity contribution in [3.8, 4) is 6.07 Å². The molecule has 9 heteroatoms. The summed E-state index contributed by atoms with van der Waals surface area (Å²) < 4.78 is 37.8. The summed E-state index contributed by atoms with van der Waals surface area (Å²) in [6.45, 7) is 4.59. The van der Waals surface area contributed by atoms with Crippen LogP contribution in [0.25, 0.3) is 0 Å². The summed E-state index contributed by atoms with van der Waals surface area (Å²) in [5.41, 5.74) is 0.376. The zero-order valence-corrected chi connectivity index (χ0v) is 16.0. The fraction of sp³-hybridized carbons (Fsp3) is 0.263. The van der Waals surface area contributed by atoms with E-state index in [-0.39, 0.29) is 17.0 Å². The zero-order valence-electron chi connectivity index (χ0n) is 15.2. The molecule has 1 aromatic carbocycles. The topological polar surface area (TPSA) is 82.8 Å². The summed E-state index contributed by atoms with van der Waals surface area (Å²) >= 11 is 1.03. The van der Waals surface area contributed by atoms with E-state index in [0.717, 1.165) is 23.9 Å². The Bertz CT molecular complexity index is 951. The number of ketones is 1. The Hall–Kier alpha value is -2.86. The SMILES string of the molecule is CC(=O)c1cc(C#N)c(SC(C)C(=O)Nc2ccc(C(F)(F)F)cc2)nc1C. The molecule has 0 aliphatic carbocycles. The molecule has 146 valence electrons. The van der Waals surface area contributed by atoms with Crippen LogP contribution in [0.4, 0.5) is 18.9 Å². The molecule has 0 saturated carbocycles. The highest BCUT2D eigenvalue weighted by molar-refractivity contribution is 8.00. The molecule has 1 heterocycles. The molecule has 0 fully saturated rings. The van der Waals surface area contributed by atoms with Gasteiger partial charge < -0.3 is 5.32 Å². The Labute approximate surface area is 164 Å². The molecule has 0 saturated heterocycles. The molecule has 2 rings (SSSR count). The van der Waals surface area contributed by atoms with E-state index >= 15 is 0 Å². The lowest BCUT2D eigenvalue weighted by atomic mass is 10.1. The van der Waals surface area contributed by atoms with Gasteiger partial charge in [-0.15, -0.1) is 0 Å². The number of pyridine rings is 1. The molecular formula is C19H16F3N3O2S. The number of benzene rings is 1. The highest BCUT2D eigenvalue weighted by Gasteiger charge is 2.30. The summed E-state index contributed by atoms with van der Waals surface area (Å²) in [5, 5.41) is 11.4. The number of aromatic nitrogens is 1. The number of carbonyl (C=O) groups is 2. The molecule has 2 aromatic rings. The number of rotatable bonds is 5. The van der Waals surface area contributed by atoms with E-state index in [0.29, 0.717) is 16.3 Å². The van der Waals surface area contributed by atoms with Crippen molar-refractivity contribution >= 4 is 29.1 Å². The van der Waals surface area contributed by atoms with Gasteiger partial charge in [-0.3, -0.25) is 9.59 Å². The minimum Gasteiger partial charge on any atom is -0.325 e.